The van der Waals surface area contributed by atoms with E-state index in [1.54, 1.807) is 0 Å². The lowest BCUT2D eigenvalue weighted by Gasteiger charge is -2.27. The van der Waals surface area contributed by atoms with E-state index in [4.69, 9.17) is 9.47 Å². The second kappa shape index (κ2) is 5.98. The molecule has 1 aromatic heterocycles. The zero-order valence-corrected chi connectivity index (χ0v) is 13.5. The molecule has 23 heavy (non-hydrogen) atoms. The van der Waals surface area contributed by atoms with Gasteiger partial charge in [0.15, 0.2) is 5.43 Å². The smallest absolute Gasteiger partial charge is 0.192 e. The fraction of sp³-hybridized carbons (Fsp3) is 0.500. The molecule has 1 saturated heterocycles. The third-order valence-corrected chi connectivity index (χ3v) is 4.69. The first kappa shape index (κ1) is 14.7. The maximum Gasteiger partial charge on any atom is 0.192 e. The Bertz CT molecular complexity index is 791. The van der Waals surface area contributed by atoms with Crippen molar-refractivity contribution in [2.24, 2.45) is 0 Å². The largest absolute Gasteiger partial charge is 0.491 e. The Labute approximate surface area is 135 Å². The number of aryl methyl sites for hydroxylation is 2. The topological polar surface area (TPSA) is 43.7 Å². The summed E-state index contributed by atoms with van der Waals surface area (Å²) in [6, 6.07) is 4.16. The Morgan fingerprint density at radius 3 is 2.78 bits per heavy atom. The zero-order chi connectivity index (χ0) is 15.8. The molecule has 0 unspecified atom stereocenters. The van der Waals surface area contributed by atoms with Crippen LogP contribution in [0.4, 0.5) is 0 Å². The summed E-state index contributed by atoms with van der Waals surface area (Å²) in [4.78, 5) is 15.0. The maximum atomic E-state index is 12.6. The monoisotopic (exact) mass is 314 g/mol. The van der Waals surface area contributed by atoms with Gasteiger partial charge < -0.3 is 14.0 Å². The van der Waals surface area contributed by atoms with Gasteiger partial charge in [0.1, 0.15) is 5.75 Å². The highest BCUT2D eigenvalue weighted by Crippen LogP contribution is 2.29. The highest BCUT2D eigenvalue weighted by molar-refractivity contribution is 5.86. The molecule has 2 aliphatic heterocycles. The molecule has 1 aromatic carbocycles. The molecule has 5 heteroatoms. The minimum atomic E-state index is 0.117. The first-order valence-electron chi connectivity index (χ1n) is 8.32. The molecule has 4 rings (SSSR count). The van der Waals surface area contributed by atoms with Crippen LogP contribution in [-0.2, 0) is 17.8 Å². The highest BCUT2D eigenvalue weighted by Gasteiger charge is 2.18. The SMILES string of the molecule is Cc1cn2c3c(cc(CN4CCOCC4)cc3c1=O)OCCC2. The lowest BCUT2D eigenvalue weighted by atomic mass is 10.1. The standard InChI is InChI=1S/C18H22N2O3/c1-13-11-20-3-2-6-23-16-10-14(9-15(17(16)20)18(13)21)12-19-4-7-22-8-5-19/h9-11H,2-8,12H2,1H3. The van der Waals surface area contributed by atoms with Crippen LogP contribution in [0.3, 0.4) is 0 Å². The second-order valence-electron chi connectivity index (χ2n) is 6.42. The van der Waals surface area contributed by atoms with E-state index in [2.05, 4.69) is 21.6 Å². The van der Waals surface area contributed by atoms with Crippen LogP contribution in [-0.4, -0.2) is 42.4 Å². The number of nitrogens with zero attached hydrogens (tertiary/aromatic N) is 2. The molecule has 2 aliphatic rings. The van der Waals surface area contributed by atoms with Crippen molar-refractivity contribution in [2.75, 3.05) is 32.9 Å². The van der Waals surface area contributed by atoms with Gasteiger partial charge in [0.25, 0.3) is 0 Å². The van der Waals surface area contributed by atoms with E-state index in [0.29, 0.717) is 6.61 Å². The van der Waals surface area contributed by atoms with Crippen LogP contribution in [0.5, 0.6) is 5.75 Å². The summed E-state index contributed by atoms with van der Waals surface area (Å²) >= 11 is 0. The molecule has 0 bridgehead atoms. The quantitative estimate of drug-likeness (QED) is 0.849. The van der Waals surface area contributed by atoms with E-state index in [9.17, 15) is 4.79 Å². The van der Waals surface area contributed by atoms with Crippen LogP contribution < -0.4 is 10.2 Å². The molecular formula is C18H22N2O3. The van der Waals surface area contributed by atoms with Gasteiger partial charge in [-0.1, -0.05) is 0 Å². The Kier molecular flexibility index (Phi) is 3.83. The van der Waals surface area contributed by atoms with Gasteiger partial charge in [-0.3, -0.25) is 9.69 Å². The Balaban J connectivity index is 1.82. The van der Waals surface area contributed by atoms with Gasteiger partial charge in [-0.25, -0.2) is 0 Å². The zero-order valence-electron chi connectivity index (χ0n) is 13.5. The lowest BCUT2D eigenvalue weighted by molar-refractivity contribution is 0.0342. The molecule has 122 valence electrons. The summed E-state index contributed by atoms with van der Waals surface area (Å²) in [7, 11) is 0. The highest BCUT2D eigenvalue weighted by atomic mass is 16.5. The minimum absolute atomic E-state index is 0.117. The summed E-state index contributed by atoms with van der Waals surface area (Å²) in [5.41, 5.74) is 3.01. The number of benzene rings is 1. The minimum Gasteiger partial charge on any atom is -0.491 e. The number of hydrogen-bond acceptors (Lipinski definition) is 4. The van der Waals surface area contributed by atoms with Gasteiger partial charge in [0.2, 0.25) is 0 Å². The predicted molar refractivity (Wildman–Crippen MR) is 89.2 cm³/mol. The molecule has 0 saturated carbocycles. The van der Waals surface area contributed by atoms with Crippen molar-refractivity contribution in [1.29, 1.82) is 0 Å². The van der Waals surface area contributed by atoms with Crippen molar-refractivity contribution >= 4 is 10.9 Å². The predicted octanol–water partition coefficient (Wildman–Crippen LogP) is 1.92. The summed E-state index contributed by atoms with van der Waals surface area (Å²) in [6.45, 7) is 7.76. The van der Waals surface area contributed by atoms with E-state index in [0.717, 1.165) is 73.6 Å². The number of rotatable bonds is 2. The number of hydrogen-bond donors (Lipinski definition) is 0. The molecule has 5 nitrogen and oxygen atoms in total. The van der Waals surface area contributed by atoms with E-state index in [1.807, 2.05) is 13.1 Å². The molecule has 0 N–H and O–H groups in total. The van der Waals surface area contributed by atoms with Gasteiger partial charge in [0, 0.05) is 37.9 Å². The van der Waals surface area contributed by atoms with Crippen LogP contribution >= 0.6 is 0 Å². The van der Waals surface area contributed by atoms with Crippen LogP contribution in [0.2, 0.25) is 0 Å². The van der Waals surface area contributed by atoms with Crippen LogP contribution in [0, 0.1) is 6.92 Å². The number of aromatic nitrogens is 1. The normalized spacial score (nSPS) is 18.7. The van der Waals surface area contributed by atoms with E-state index >= 15 is 0 Å². The fourth-order valence-electron chi connectivity index (χ4n) is 3.52. The van der Waals surface area contributed by atoms with Gasteiger partial charge in [-0.15, -0.1) is 0 Å². The van der Waals surface area contributed by atoms with E-state index in [1.165, 1.54) is 0 Å². The Morgan fingerprint density at radius 2 is 1.96 bits per heavy atom. The average Bonchev–Trinajstić information content (AvgIpc) is 2.76. The molecule has 0 aliphatic carbocycles. The summed E-state index contributed by atoms with van der Waals surface area (Å²) in [6.07, 6.45) is 2.93. The van der Waals surface area contributed by atoms with Crippen molar-refractivity contribution in [3.63, 3.8) is 0 Å². The first-order chi connectivity index (χ1) is 11.2. The molecular weight excluding hydrogens is 292 g/mol. The van der Waals surface area contributed by atoms with Crippen LogP contribution in [0.15, 0.2) is 23.1 Å². The Morgan fingerprint density at radius 1 is 1.13 bits per heavy atom. The molecule has 0 spiro atoms. The van der Waals surface area contributed by atoms with E-state index in [-0.39, 0.29) is 5.43 Å². The van der Waals surface area contributed by atoms with Crippen molar-refractivity contribution in [3.05, 3.63) is 39.7 Å². The summed E-state index contributed by atoms with van der Waals surface area (Å²) in [5, 5.41) is 0.785. The Hall–Kier alpha value is -1.85. The molecule has 0 atom stereocenters. The third kappa shape index (κ3) is 2.75. The van der Waals surface area contributed by atoms with Gasteiger partial charge >= 0.3 is 0 Å². The average molecular weight is 314 g/mol. The summed E-state index contributed by atoms with van der Waals surface area (Å²) in [5.74, 6) is 0.848. The van der Waals surface area contributed by atoms with Crippen molar-refractivity contribution in [3.8, 4) is 5.75 Å². The summed E-state index contributed by atoms with van der Waals surface area (Å²) < 4.78 is 13.5. The van der Waals surface area contributed by atoms with Gasteiger partial charge in [-0.05, 0) is 31.0 Å². The maximum absolute atomic E-state index is 12.6. The fourth-order valence-corrected chi connectivity index (χ4v) is 3.52. The third-order valence-electron chi connectivity index (χ3n) is 4.69. The molecule has 3 heterocycles. The van der Waals surface area contributed by atoms with Crippen LogP contribution in [0.25, 0.3) is 10.9 Å². The molecule has 0 amide bonds. The molecule has 0 radical (unpaired) electrons. The lowest BCUT2D eigenvalue weighted by Crippen LogP contribution is -2.35. The molecule has 1 fully saturated rings. The number of pyridine rings is 1. The van der Waals surface area contributed by atoms with Gasteiger partial charge in [-0.2, -0.15) is 0 Å². The number of ether oxygens (including phenoxy) is 2. The van der Waals surface area contributed by atoms with Crippen LogP contribution in [0.1, 0.15) is 17.5 Å². The van der Waals surface area contributed by atoms with Crippen molar-refractivity contribution in [2.45, 2.75) is 26.4 Å². The number of morpholine rings is 1. The van der Waals surface area contributed by atoms with Gasteiger partial charge in [0.05, 0.1) is 30.7 Å². The van der Waals surface area contributed by atoms with E-state index < -0.39 is 0 Å². The van der Waals surface area contributed by atoms with Crippen molar-refractivity contribution in [1.82, 2.24) is 9.47 Å². The molecule has 2 aromatic rings. The van der Waals surface area contributed by atoms with Crippen molar-refractivity contribution < 1.29 is 9.47 Å². The second-order valence-corrected chi connectivity index (χ2v) is 6.42. The first-order valence-corrected chi connectivity index (χ1v) is 8.32.